The third-order valence-corrected chi connectivity index (χ3v) is 5.57. The summed E-state index contributed by atoms with van der Waals surface area (Å²) in [5.41, 5.74) is 2.18. The summed E-state index contributed by atoms with van der Waals surface area (Å²) in [6.45, 7) is 1.89. The van der Waals surface area contributed by atoms with E-state index in [0.717, 1.165) is 5.56 Å². The number of benzene rings is 2. The van der Waals surface area contributed by atoms with Gasteiger partial charge in [-0.1, -0.05) is 47.6 Å². The van der Waals surface area contributed by atoms with Crippen LogP contribution in [0.1, 0.15) is 11.1 Å². The van der Waals surface area contributed by atoms with Gasteiger partial charge in [-0.05, 0) is 36.2 Å². The Balaban J connectivity index is 1.84. The molecule has 0 aliphatic carbocycles. The van der Waals surface area contributed by atoms with Gasteiger partial charge in [0, 0.05) is 10.8 Å². The molecule has 4 aromatic rings. The van der Waals surface area contributed by atoms with Gasteiger partial charge in [0.05, 0.1) is 11.9 Å². The average Bonchev–Trinajstić information content (AvgIpc) is 3.13. The van der Waals surface area contributed by atoms with Crippen molar-refractivity contribution in [1.82, 2.24) is 19.7 Å². The molecule has 4 rings (SSSR count). The molecule has 0 atom stereocenters. The van der Waals surface area contributed by atoms with Crippen molar-refractivity contribution in [2.45, 2.75) is 17.8 Å². The molecule has 2 heterocycles. The van der Waals surface area contributed by atoms with Crippen LogP contribution in [-0.2, 0) is 5.75 Å². The van der Waals surface area contributed by atoms with E-state index >= 15 is 0 Å². The van der Waals surface area contributed by atoms with Crippen LogP contribution in [0.4, 0.5) is 4.39 Å². The zero-order valence-electron chi connectivity index (χ0n) is 14.2. The summed E-state index contributed by atoms with van der Waals surface area (Å²) in [6, 6.07) is 11.9. The maximum absolute atomic E-state index is 14.0. The van der Waals surface area contributed by atoms with Crippen molar-refractivity contribution >= 4 is 34.4 Å². The number of H-pyrrole nitrogens is 1. The lowest BCUT2D eigenvalue weighted by Crippen LogP contribution is -2.21. The normalized spacial score (nSPS) is 11.2. The first-order valence-electron chi connectivity index (χ1n) is 8.13. The van der Waals surface area contributed by atoms with Crippen molar-refractivity contribution in [3.8, 4) is 5.69 Å². The summed E-state index contributed by atoms with van der Waals surface area (Å²) in [7, 11) is 0. The molecule has 1 N–H and O–H groups in total. The van der Waals surface area contributed by atoms with E-state index in [9.17, 15) is 9.18 Å². The fourth-order valence-electron chi connectivity index (χ4n) is 2.68. The molecule has 0 aliphatic rings. The molecule has 2 aromatic heterocycles. The van der Waals surface area contributed by atoms with Crippen LogP contribution in [0.5, 0.6) is 0 Å². The highest BCUT2D eigenvalue weighted by Crippen LogP contribution is 2.27. The molecule has 0 saturated carbocycles. The number of fused-ring (bicyclic) bond motifs is 1. The second kappa shape index (κ2) is 7.17. The third kappa shape index (κ3) is 3.36. The number of hydrogen-bond acceptors (Lipinski definition) is 4. The lowest BCUT2D eigenvalue weighted by molar-refractivity contribution is 0.617. The Bertz CT molecular complexity index is 1200. The molecule has 27 heavy (non-hydrogen) atoms. The van der Waals surface area contributed by atoms with Gasteiger partial charge in [-0.15, -0.1) is 0 Å². The van der Waals surface area contributed by atoms with Gasteiger partial charge in [0.25, 0.3) is 5.56 Å². The highest BCUT2D eigenvalue weighted by atomic mass is 35.5. The van der Waals surface area contributed by atoms with Gasteiger partial charge in [-0.2, -0.15) is 5.10 Å². The van der Waals surface area contributed by atoms with Gasteiger partial charge in [-0.25, -0.2) is 9.37 Å². The van der Waals surface area contributed by atoms with Crippen LogP contribution in [-0.4, -0.2) is 19.7 Å². The summed E-state index contributed by atoms with van der Waals surface area (Å²) < 4.78 is 15.4. The summed E-state index contributed by atoms with van der Waals surface area (Å²) in [6.07, 6.45) is 1.45. The van der Waals surface area contributed by atoms with E-state index in [1.165, 1.54) is 28.6 Å². The Hall–Kier alpha value is -2.64. The van der Waals surface area contributed by atoms with E-state index in [0.29, 0.717) is 38.2 Å². The number of thioether (sulfide) groups is 1. The van der Waals surface area contributed by atoms with E-state index in [-0.39, 0.29) is 11.4 Å². The number of hydrogen-bond donors (Lipinski definition) is 1. The molecule has 0 spiro atoms. The maximum Gasteiger partial charge on any atom is 0.269 e. The first-order chi connectivity index (χ1) is 13.0. The van der Waals surface area contributed by atoms with Gasteiger partial charge in [-0.3, -0.25) is 14.5 Å². The molecule has 0 bridgehead atoms. The highest BCUT2D eigenvalue weighted by Gasteiger charge is 2.16. The predicted molar refractivity (Wildman–Crippen MR) is 105 cm³/mol. The number of aryl methyl sites for hydroxylation is 1. The SMILES string of the molecule is Cc1ccc(-n2c(SCc3ccccc3F)nc3[nH]ncc3c2=O)cc1Cl. The van der Waals surface area contributed by atoms with Crippen LogP contribution in [0.3, 0.4) is 0 Å². The van der Waals surface area contributed by atoms with Crippen LogP contribution in [0.15, 0.2) is 58.6 Å². The average molecular weight is 401 g/mol. The third-order valence-electron chi connectivity index (χ3n) is 4.18. The lowest BCUT2D eigenvalue weighted by Gasteiger charge is -2.13. The first kappa shape index (κ1) is 17.8. The fraction of sp³-hybridized carbons (Fsp3) is 0.105. The number of nitrogens with one attached hydrogen (secondary N) is 1. The van der Waals surface area contributed by atoms with Crippen LogP contribution >= 0.6 is 23.4 Å². The molecule has 136 valence electrons. The molecule has 0 aliphatic heterocycles. The number of halogens is 2. The van der Waals surface area contributed by atoms with Crippen molar-refractivity contribution in [1.29, 1.82) is 0 Å². The second-order valence-electron chi connectivity index (χ2n) is 5.98. The van der Waals surface area contributed by atoms with E-state index < -0.39 is 0 Å². The Kier molecular flexibility index (Phi) is 4.72. The molecule has 0 fully saturated rings. The maximum atomic E-state index is 14.0. The largest absolute Gasteiger partial charge is 0.269 e. The van der Waals surface area contributed by atoms with Crippen molar-refractivity contribution < 1.29 is 4.39 Å². The highest BCUT2D eigenvalue weighted by molar-refractivity contribution is 7.98. The monoisotopic (exact) mass is 400 g/mol. The molecular weight excluding hydrogens is 387 g/mol. The number of aromatic nitrogens is 4. The van der Waals surface area contributed by atoms with Gasteiger partial charge in [0.15, 0.2) is 10.8 Å². The Morgan fingerprint density at radius 3 is 2.85 bits per heavy atom. The van der Waals surface area contributed by atoms with Crippen molar-refractivity contribution in [3.05, 3.63) is 81.0 Å². The van der Waals surface area contributed by atoms with Crippen LogP contribution in [0.2, 0.25) is 5.02 Å². The zero-order valence-corrected chi connectivity index (χ0v) is 15.8. The van der Waals surface area contributed by atoms with E-state index in [1.54, 1.807) is 24.3 Å². The topological polar surface area (TPSA) is 63.6 Å². The summed E-state index contributed by atoms with van der Waals surface area (Å²) in [5.74, 6) is 0.0399. The minimum atomic E-state index is -0.292. The molecule has 0 amide bonds. The quantitative estimate of drug-likeness (QED) is 0.404. The van der Waals surface area contributed by atoms with Crippen LogP contribution in [0, 0.1) is 12.7 Å². The minimum Gasteiger partial charge on any atom is -0.268 e. The molecule has 0 radical (unpaired) electrons. The van der Waals surface area contributed by atoms with Crippen molar-refractivity contribution in [2.24, 2.45) is 0 Å². The standard InChI is InChI=1S/C19H14ClFN4OS/c1-11-6-7-13(8-15(11)20)25-18(26)14-9-22-24-17(14)23-19(25)27-10-12-4-2-3-5-16(12)21/h2-9H,10H2,1H3,(H,22,24). The summed E-state index contributed by atoms with van der Waals surface area (Å²) >= 11 is 7.52. The first-order valence-corrected chi connectivity index (χ1v) is 9.50. The molecule has 8 heteroatoms. The van der Waals surface area contributed by atoms with Crippen LogP contribution < -0.4 is 5.56 Å². The molecule has 0 saturated heterocycles. The fourth-order valence-corrected chi connectivity index (χ4v) is 3.84. The Morgan fingerprint density at radius 2 is 2.07 bits per heavy atom. The summed E-state index contributed by atoms with van der Waals surface area (Å²) in [5, 5.41) is 7.99. The molecule has 5 nitrogen and oxygen atoms in total. The van der Waals surface area contributed by atoms with Gasteiger partial charge >= 0.3 is 0 Å². The molecular formula is C19H14ClFN4OS. The van der Waals surface area contributed by atoms with Crippen LogP contribution in [0.25, 0.3) is 16.7 Å². The van der Waals surface area contributed by atoms with E-state index in [4.69, 9.17) is 11.6 Å². The lowest BCUT2D eigenvalue weighted by atomic mass is 10.2. The molecule has 0 unspecified atom stereocenters. The number of aromatic amines is 1. The number of nitrogens with zero attached hydrogens (tertiary/aromatic N) is 3. The molecule has 2 aromatic carbocycles. The number of rotatable bonds is 4. The smallest absolute Gasteiger partial charge is 0.268 e. The predicted octanol–water partition coefficient (Wildman–Crippen LogP) is 4.50. The van der Waals surface area contributed by atoms with Crippen molar-refractivity contribution in [3.63, 3.8) is 0 Å². The van der Waals surface area contributed by atoms with E-state index in [1.807, 2.05) is 19.1 Å². The van der Waals surface area contributed by atoms with Gasteiger partial charge < -0.3 is 0 Å². The van der Waals surface area contributed by atoms with Gasteiger partial charge in [0.1, 0.15) is 11.2 Å². The zero-order chi connectivity index (χ0) is 19.0. The summed E-state index contributed by atoms with van der Waals surface area (Å²) in [4.78, 5) is 17.5. The Morgan fingerprint density at radius 1 is 1.26 bits per heavy atom. The Labute approximate surface area is 163 Å². The minimum absolute atomic E-state index is 0.260. The van der Waals surface area contributed by atoms with Crippen molar-refractivity contribution in [2.75, 3.05) is 0 Å². The van der Waals surface area contributed by atoms with Gasteiger partial charge in [0.2, 0.25) is 0 Å². The van der Waals surface area contributed by atoms with E-state index in [2.05, 4.69) is 15.2 Å². The second-order valence-corrected chi connectivity index (χ2v) is 7.33.